The van der Waals surface area contributed by atoms with Gasteiger partial charge in [0.1, 0.15) is 5.82 Å². The number of amides is 2. The lowest BCUT2D eigenvalue weighted by Gasteiger charge is -2.32. The third-order valence-corrected chi connectivity index (χ3v) is 4.95. The van der Waals surface area contributed by atoms with Gasteiger partial charge in [-0.05, 0) is 32.2 Å². The number of nitrogens with zero attached hydrogens (tertiary/aromatic N) is 3. The fourth-order valence-corrected chi connectivity index (χ4v) is 3.62. The average molecular weight is 349 g/mol. The van der Waals surface area contributed by atoms with Crippen LogP contribution in [0.25, 0.3) is 0 Å². The summed E-state index contributed by atoms with van der Waals surface area (Å²) in [4.78, 5) is 35.5. The molecule has 1 fully saturated rings. The van der Waals surface area contributed by atoms with E-state index in [1.54, 1.807) is 18.9 Å². The lowest BCUT2D eigenvalue weighted by Crippen LogP contribution is -2.44. The van der Waals surface area contributed by atoms with E-state index >= 15 is 0 Å². The van der Waals surface area contributed by atoms with Crippen LogP contribution >= 0.6 is 0 Å². The monoisotopic (exact) mass is 349 g/mol. The Morgan fingerprint density at radius 3 is 3.08 bits per heavy atom. The first-order chi connectivity index (χ1) is 12.1. The minimum atomic E-state index is -0.140. The Kier molecular flexibility index (Phi) is 5.70. The highest BCUT2D eigenvalue weighted by Gasteiger charge is 2.28. The van der Waals surface area contributed by atoms with Crippen molar-refractivity contribution in [3.05, 3.63) is 27.4 Å². The number of fused-ring (bicyclic) bond motifs is 1. The Morgan fingerprint density at radius 2 is 2.28 bits per heavy atom. The Morgan fingerprint density at radius 1 is 1.44 bits per heavy atom. The van der Waals surface area contributed by atoms with Crippen LogP contribution in [-0.4, -0.2) is 65.7 Å². The number of carbonyl (C=O) groups excluding carboxylic acids is 1. The number of aromatic amines is 1. The number of aromatic nitrogens is 2. The van der Waals surface area contributed by atoms with Gasteiger partial charge in [0, 0.05) is 26.7 Å². The van der Waals surface area contributed by atoms with Crippen molar-refractivity contribution in [1.82, 2.24) is 25.1 Å². The smallest absolute Gasteiger partial charge is 0.318 e. The van der Waals surface area contributed by atoms with Crippen LogP contribution < -0.4 is 10.9 Å². The second-order valence-electron chi connectivity index (χ2n) is 6.92. The van der Waals surface area contributed by atoms with Crippen LogP contribution in [0.4, 0.5) is 4.79 Å². The summed E-state index contributed by atoms with van der Waals surface area (Å²) in [6, 6.07) is -0.121. The Balaban J connectivity index is 1.49. The molecule has 8 nitrogen and oxygen atoms in total. The van der Waals surface area contributed by atoms with Gasteiger partial charge in [-0.3, -0.25) is 4.79 Å². The summed E-state index contributed by atoms with van der Waals surface area (Å²) in [7, 11) is 1.72. The predicted octanol–water partition coefficient (Wildman–Crippen LogP) is 0.462. The molecule has 2 amide bonds. The standard InChI is InChI=1S/C17H27N5O3/c1-12-19-15-11-22(10-14(15)16(23)20-12)17(24)18-8-13-4-3-5-21(9-13)6-7-25-2/h13H,3-11H2,1-2H3,(H,18,24)(H,19,20,23)/t13-/m0/s1. The van der Waals surface area contributed by atoms with E-state index in [2.05, 4.69) is 20.2 Å². The molecule has 0 saturated carbocycles. The normalized spacial score (nSPS) is 20.6. The Hall–Kier alpha value is -1.93. The SMILES string of the molecule is COCCN1CCC[C@@H](CNC(=O)N2Cc3nc(C)[nH]c(=O)c3C2)C1. The van der Waals surface area contributed by atoms with Crippen LogP contribution in [0.1, 0.15) is 29.9 Å². The quantitative estimate of drug-likeness (QED) is 0.806. The summed E-state index contributed by atoms with van der Waals surface area (Å²) < 4.78 is 5.14. The second kappa shape index (κ2) is 7.97. The molecule has 3 heterocycles. The predicted molar refractivity (Wildman–Crippen MR) is 93.3 cm³/mol. The first-order valence-electron chi connectivity index (χ1n) is 8.89. The van der Waals surface area contributed by atoms with Gasteiger partial charge in [-0.15, -0.1) is 0 Å². The molecule has 8 heteroatoms. The van der Waals surface area contributed by atoms with Gasteiger partial charge >= 0.3 is 6.03 Å². The van der Waals surface area contributed by atoms with E-state index in [1.807, 2.05) is 0 Å². The molecule has 0 aromatic carbocycles. The number of hydrogen-bond acceptors (Lipinski definition) is 5. The molecule has 0 unspecified atom stereocenters. The van der Waals surface area contributed by atoms with Crippen molar-refractivity contribution >= 4 is 6.03 Å². The fourth-order valence-electron chi connectivity index (χ4n) is 3.62. The number of methoxy groups -OCH3 is 1. The zero-order valence-electron chi connectivity index (χ0n) is 15.0. The van der Waals surface area contributed by atoms with Crippen LogP contribution in [0.3, 0.4) is 0 Å². The Bertz CT molecular complexity index is 675. The van der Waals surface area contributed by atoms with Crippen LogP contribution in [0.15, 0.2) is 4.79 Å². The summed E-state index contributed by atoms with van der Waals surface area (Å²) >= 11 is 0. The minimum absolute atomic E-state index is 0.121. The number of H-pyrrole nitrogens is 1. The molecule has 0 spiro atoms. The van der Waals surface area contributed by atoms with E-state index in [9.17, 15) is 9.59 Å². The van der Waals surface area contributed by atoms with Crippen molar-refractivity contribution in [3.8, 4) is 0 Å². The molecular formula is C17H27N5O3. The fraction of sp³-hybridized carbons (Fsp3) is 0.706. The zero-order chi connectivity index (χ0) is 17.8. The number of nitrogens with one attached hydrogen (secondary N) is 2. The van der Waals surface area contributed by atoms with E-state index in [-0.39, 0.29) is 11.6 Å². The van der Waals surface area contributed by atoms with E-state index < -0.39 is 0 Å². The molecule has 1 atom stereocenters. The molecular weight excluding hydrogens is 322 g/mol. The molecule has 1 aromatic heterocycles. The number of hydrogen-bond donors (Lipinski definition) is 2. The molecule has 1 saturated heterocycles. The summed E-state index contributed by atoms with van der Waals surface area (Å²) in [6.07, 6.45) is 2.28. The van der Waals surface area contributed by atoms with Gasteiger partial charge in [0.05, 0.1) is 31.0 Å². The van der Waals surface area contributed by atoms with Crippen molar-refractivity contribution < 1.29 is 9.53 Å². The maximum Gasteiger partial charge on any atom is 0.318 e. The van der Waals surface area contributed by atoms with E-state index in [1.165, 1.54) is 0 Å². The van der Waals surface area contributed by atoms with Gasteiger partial charge in [-0.2, -0.15) is 0 Å². The summed E-state index contributed by atoms with van der Waals surface area (Å²) in [5.41, 5.74) is 1.17. The molecule has 2 N–H and O–H groups in total. The van der Waals surface area contributed by atoms with E-state index in [0.717, 1.165) is 39.1 Å². The van der Waals surface area contributed by atoms with Crippen LogP contribution in [0.5, 0.6) is 0 Å². The molecule has 1 aromatic rings. The van der Waals surface area contributed by atoms with E-state index in [0.29, 0.717) is 42.6 Å². The maximum atomic E-state index is 12.4. The van der Waals surface area contributed by atoms with Crippen molar-refractivity contribution in [2.24, 2.45) is 5.92 Å². The van der Waals surface area contributed by atoms with Crippen molar-refractivity contribution in [3.63, 3.8) is 0 Å². The highest BCUT2D eigenvalue weighted by Crippen LogP contribution is 2.18. The second-order valence-corrected chi connectivity index (χ2v) is 6.92. The molecule has 2 aliphatic rings. The first kappa shape index (κ1) is 17.9. The summed E-state index contributed by atoms with van der Waals surface area (Å²) in [5.74, 6) is 1.05. The van der Waals surface area contributed by atoms with Gasteiger partial charge in [-0.25, -0.2) is 9.78 Å². The van der Waals surface area contributed by atoms with Gasteiger partial charge in [0.2, 0.25) is 0 Å². The number of piperidine rings is 1. The highest BCUT2D eigenvalue weighted by atomic mass is 16.5. The Labute approximate surface area is 147 Å². The van der Waals surface area contributed by atoms with Gasteiger partial charge in [-0.1, -0.05) is 0 Å². The number of carbonyl (C=O) groups is 1. The molecule has 2 aliphatic heterocycles. The number of likely N-dealkylation sites (tertiary alicyclic amines) is 1. The zero-order valence-corrected chi connectivity index (χ0v) is 15.0. The molecule has 0 aliphatic carbocycles. The van der Waals surface area contributed by atoms with Crippen molar-refractivity contribution in [2.45, 2.75) is 32.9 Å². The van der Waals surface area contributed by atoms with Crippen LogP contribution in [0.2, 0.25) is 0 Å². The molecule has 138 valence electrons. The third-order valence-electron chi connectivity index (χ3n) is 4.95. The third kappa shape index (κ3) is 4.38. The average Bonchev–Trinajstić information content (AvgIpc) is 3.02. The molecule has 0 bridgehead atoms. The number of urea groups is 1. The number of aryl methyl sites for hydroxylation is 1. The minimum Gasteiger partial charge on any atom is -0.383 e. The first-order valence-corrected chi connectivity index (χ1v) is 8.89. The largest absolute Gasteiger partial charge is 0.383 e. The van der Waals surface area contributed by atoms with Crippen molar-refractivity contribution in [1.29, 1.82) is 0 Å². The molecule has 0 radical (unpaired) electrons. The summed E-state index contributed by atoms with van der Waals surface area (Å²) in [6.45, 7) is 6.92. The lowest BCUT2D eigenvalue weighted by molar-refractivity contribution is 0.113. The molecule has 25 heavy (non-hydrogen) atoms. The van der Waals surface area contributed by atoms with E-state index in [4.69, 9.17) is 4.74 Å². The molecule has 3 rings (SSSR count). The highest BCUT2D eigenvalue weighted by molar-refractivity contribution is 5.74. The van der Waals surface area contributed by atoms with Crippen molar-refractivity contribution in [2.75, 3.05) is 39.9 Å². The summed E-state index contributed by atoms with van der Waals surface area (Å²) in [5, 5.41) is 3.03. The maximum absolute atomic E-state index is 12.4. The lowest BCUT2D eigenvalue weighted by atomic mass is 9.98. The van der Waals surface area contributed by atoms with Crippen LogP contribution in [-0.2, 0) is 17.8 Å². The van der Waals surface area contributed by atoms with Gasteiger partial charge in [0.25, 0.3) is 5.56 Å². The van der Waals surface area contributed by atoms with Gasteiger partial charge < -0.3 is 24.8 Å². The number of rotatable bonds is 5. The van der Waals surface area contributed by atoms with Gasteiger partial charge in [0.15, 0.2) is 0 Å². The van der Waals surface area contributed by atoms with Crippen LogP contribution in [0, 0.1) is 12.8 Å². The topological polar surface area (TPSA) is 90.6 Å². The number of ether oxygens (including phenoxy) is 1.